The molecule has 1 N–H and O–H groups in total. The topological polar surface area (TPSA) is 61.9 Å². The number of piperidine rings is 1. The van der Waals surface area contributed by atoms with E-state index in [1.54, 1.807) is 4.90 Å². The lowest BCUT2D eigenvalue weighted by Gasteiger charge is -2.33. The third-order valence-corrected chi connectivity index (χ3v) is 5.37. The van der Waals surface area contributed by atoms with Crippen LogP contribution in [0.5, 0.6) is 0 Å². The number of hydrogen-bond acceptors (Lipinski definition) is 4. The van der Waals surface area contributed by atoms with E-state index >= 15 is 0 Å². The predicted octanol–water partition coefficient (Wildman–Crippen LogP) is 4.26. The van der Waals surface area contributed by atoms with E-state index < -0.39 is 5.60 Å². The monoisotopic (exact) mass is 387 g/mol. The first-order valence-electron chi connectivity index (χ1n) is 10.4. The van der Waals surface area contributed by atoms with Crippen molar-refractivity contribution in [3.8, 4) is 0 Å². The second-order valence-electron chi connectivity index (χ2n) is 8.87. The van der Waals surface area contributed by atoms with Gasteiger partial charge in [-0.3, -0.25) is 4.79 Å². The summed E-state index contributed by atoms with van der Waals surface area (Å²) in [5, 5.41) is 3.11. The van der Waals surface area contributed by atoms with Crippen LogP contribution in [0.3, 0.4) is 0 Å². The number of rotatable bonds is 4. The van der Waals surface area contributed by atoms with Crippen LogP contribution < -0.4 is 10.2 Å². The highest BCUT2D eigenvalue weighted by Gasteiger charge is 2.28. The number of para-hydroxylation sites is 2. The predicted molar refractivity (Wildman–Crippen MR) is 112 cm³/mol. The SMILES string of the molecule is CC(C)(C)OC(=O)N1CCC(CC(=O)Nc2ccccc2N2CCCC2)CC1. The van der Waals surface area contributed by atoms with Gasteiger partial charge in [-0.15, -0.1) is 0 Å². The van der Waals surface area contributed by atoms with Crippen molar-refractivity contribution in [2.45, 2.75) is 58.5 Å². The minimum Gasteiger partial charge on any atom is -0.444 e. The average Bonchev–Trinajstić information content (AvgIpc) is 3.15. The largest absolute Gasteiger partial charge is 0.444 e. The van der Waals surface area contributed by atoms with Crippen LogP contribution in [-0.4, -0.2) is 48.7 Å². The first-order chi connectivity index (χ1) is 13.3. The van der Waals surface area contributed by atoms with E-state index in [-0.39, 0.29) is 12.0 Å². The maximum atomic E-state index is 12.6. The zero-order chi connectivity index (χ0) is 20.1. The van der Waals surface area contributed by atoms with Gasteiger partial charge in [0.1, 0.15) is 5.60 Å². The van der Waals surface area contributed by atoms with Gasteiger partial charge in [-0.2, -0.15) is 0 Å². The summed E-state index contributed by atoms with van der Waals surface area (Å²) < 4.78 is 5.44. The molecule has 0 aromatic heterocycles. The number of likely N-dealkylation sites (tertiary alicyclic amines) is 1. The van der Waals surface area contributed by atoms with E-state index in [1.807, 2.05) is 39.0 Å². The van der Waals surface area contributed by atoms with Crippen LogP contribution in [0.2, 0.25) is 0 Å². The van der Waals surface area contributed by atoms with Crippen molar-refractivity contribution >= 4 is 23.4 Å². The second kappa shape index (κ2) is 8.84. The van der Waals surface area contributed by atoms with Crippen molar-refractivity contribution in [3.63, 3.8) is 0 Å². The molecule has 2 amide bonds. The number of hydrogen-bond donors (Lipinski definition) is 1. The van der Waals surface area contributed by atoms with Gasteiger partial charge in [-0.25, -0.2) is 4.79 Å². The molecule has 1 aromatic rings. The smallest absolute Gasteiger partial charge is 0.410 e. The van der Waals surface area contributed by atoms with Gasteiger partial charge in [0.2, 0.25) is 5.91 Å². The van der Waals surface area contributed by atoms with E-state index in [2.05, 4.69) is 16.3 Å². The average molecular weight is 388 g/mol. The van der Waals surface area contributed by atoms with Crippen molar-refractivity contribution in [3.05, 3.63) is 24.3 Å². The second-order valence-corrected chi connectivity index (χ2v) is 8.87. The maximum absolute atomic E-state index is 12.6. The van der Waals surface area contributed by atoms with Crippen LogP contribution in [0.1, 0.15) is 52.9 Å². The molecule has 2 aliphatic rings. The Morgan fingerprint density at radius 2 is 1.71 bits per heavy atom. The van der Waals surface area contributed by atoms with Gasteiger partial charge in [0.15, 0.2) is 0 Å². The molecule has 0 bridgehead atoms. The molecule has 3 rings (SSSR count). The van der Waals surface area contributed by atoms with E-state index in [9.17, 15) is 9.59 Å². The van der Waals surface area contributed by atoms with Crippen molar-refractivity contribution < 1.29 is 14.3 Å². The highest BCUT2D eigenvalue weighted by molar-refractivity contribution is 5.94. The lowest BCUT2D eigenvalue weighted by atomic mass is 9.93. The van der Waals surface area contributed by atoms with Crippen molar-refractivity contribution in [1.82, 2.24) is 4.90 Å². The van der Waals surface area contributed by atoms with Crippen LogP contribution in [0.15, 0.2) is 24.3 Å². The summed E-state index contributed by atoms with van der Waals surface area (Å²) in [7, 11) is 0. The maximum Gasteiger partial charge on any atom is 0.410 e. The third-order valence-electron chi connectivity index (χ3n) is 5.37. The van der Waals surface area contributed by atoms with Gasteiger partial charge in [-0.1, -0.05) is 12.1 Å². The highest BCUT2D eigenvalue weighted by atomic mass is 16.6. The van der Waals surface area contributed by atoms with Gasteiger partial charge < -0.3 is 19.9 Å². The Kier molecular flexibility index (Phi) is 6.47. The van der Waals surface area contributed by atoms with Crippen molar-refractivity contribution in [1.29, 1.82) is 0 Å². The van der Waals surface area contributed by atoms with Gasteiger partial charge in [0, 0.05) is 32.6 Å². The van der Waals surface area contributed by atoms with Gasteiger partial charge in [-0.05, 0) is 64.5 Å². The molecule has 0 spiro atoms. The minimum atomic E-state index is -0.476. The third kappa shape index (κ3) is 5.63. The number of amides is 2. The van der Waals surface area contributed by atoms with Crippen molar-refractivity contribution in [2.24, 2.45) is 5.92 Å². The summed E-state index contributed by atoms with van der Waals surface area (Å²) >= 11 is 0. The Bertz CT molecular complexity index is 685. The number of carbonyl (C=O) groups excluding carboxylic acids is 2. The van der Waals surface area contributed by atoms with Crippen LogP contribution in [0, 0.1) is 5.92 Å². The van der Waals surface area contributed by atoms with Crippen LogP contribution in [0.25, 0.3) is 0 Å². The normalized spacial score (nSPS) is 18.2. The fourth-order valence-electron chi connectivity index (χ4n) is 3.92. The zero-order valence-corrected chi connectivity index (χ0v) is 17.4. The van der Waals surface area contributed by atoms with E-state index in [0.29, 0.717) is 25.4 Å². The van der Waals surface area contributed by atoms with Gasteiger partial charge in [0.05, 0.1) is 11.4 Å². The number of nitrogens with zero attached hydrogens (tertiary/aromatic N) is 2. The fraction of sp³-hybridized carbons (Fsp3) is 0.636. The van der Waals surface area contributed by atoms with E-state index in [0.717, 1.165) is 37.3 Å². The summed E-state index contributed by atoms with van der Waals surface area (Å²) in [6, 6.07) is 8.06. The molecule has 0 saturated carbocycles. The molecule has 0 atom stereocenters. The molecule has 154 valence electrons. The minimum absolute atomic E-state index is 0.0577. The Labute approximate surface area is 168 Å². The Balaban J connectivity index is 1.48. The lowest BCUT2D eigenvalue weighted by molar-refractivity contribution is -0.117. The highest BCUT2D eigenvalue weighted by Crippen LogP contribution is 2.29. The molecule has 2 saturated heterocycles. The molecule has 0 unspecified atom stereocenters. The molecule has 28 heavy (non-hydrogen) atoms. The summed E-state index contributed by atoms with van der Waals surface area (Å²) in [5.41, 5.74) is 1.55. The van der Waals surface area contributed by atoms with Crippen LogP contribution in [-0.2, 0) is 9.53 Å². The fourth-order valence-corrected chi connectivity index (χ4v) is 3.92. The van der Waals surface area contributed by atoms with Crippen molar-refractivity contribution in [2.75, 3.05) is 36.4 Å². The van der Waals surface area contributed by atoms with Crippen LogP contribution >= 0.6 is 0 Å². The zero-order valence-electron chi connectivity index (χ0n) is 17.4. The molecular weight excluding hydrogens is 354 g/mol. The van der Waals surface area contributed by atoms with Crippen LogP contribution in [0.4, 0.5) is 16.2 Å². The first-order valence-corrected chi connectivity index (χ1v) is 10.4. The Morgan fingerprint density at radius 3 is 2.36 bits per heavy atom. The molecule has 2 heterocycles. The summed E-state index contributed by atoms with van der Waals surface area (Å²) in [6.45, 7) is 9.03. The molecule has 6 heteroatoms. The molecule has 2 aliphatic heterocycles. The number of anilines is 2. The standard InChI is InChI=1S/C22H33N3O3/c1-22(2,3)28-21(27)25-14-10-17(11-15-25)16-20(26)23-18-8-4-5-9-19(18)24-12-6-7-13-24/h4-5,8-9,17H,6-7,10-16H2,1-3H3,(H,23,26). The molecular formula is C22H33N3O3. The molecule has 0 aliphatic carbocycles. The number of carbonyl (C=O) groups is 2. The van der Waals surface area contributed by atoms with E-state index in [4.69, 9.17) is 4.74 Å². The lowest BCUT2D eigenvalue weighted by Crippen LogP contribution is -2.42. The number of ether oxygens (including phenoxy) is 1. The van der Waals surface area contributed by atoms with Gasteiger partial charge in [0.25, 0.3) is 0 Å². The summed E-state index contributed by atoms with van der Waals surface area (Å²) in [5.74, 6) is 0.361. The number of nitrogens with one attached hydrogen (secondary N) is 1. The Morgan fingerprint density at radius 1 is 1.07 bits per heavy atom. The summed E-state index contributed by atoms with van der Waals surface area (Å²) in [6.07, 6.45) is 4.32. The molecule has 2 fully saturated rings. The molecule has 6 nitrogen and oxygen atoms in total. The molecule has 1 aromatic carbocycles. The number of benzene rings is 1. The Hall–Kier alpha value is -2.24. The van der Waals surface area contributed by atoms with E-state index in [1.165, 1.54) is 12.8 Å². The molecule has 0 radical (unpaired) electrons. The van der Waals surface area contributed by atoms with Gasteiger partial charge >= 0.3 is 6.09 Å². The first kappa shape index (κ1) is 20.5. The summed E-state index contributed by atoms with van der Waals surface area (Å²) in [4.78, 5) is 28.9. The quantitative estimate of drug-likeness (QED) is 0.838.